The number of nitrogens with one attached hydrogen (secondary N) is 2. The number of ether oxygens (including phenoxy) is 3. The number of guanidine groups is 1. The maximum Gasteiger partial charge on any atom is 0.191 e. The van der Waals surface area contributed by atoms with Crippen molar-refractivity contribution in [3.63, 3.8) is 0 Å². The third kappa shape index (κ3) is 9.97. The zero-order valence-corrected chi connectivity index (χ0v) is 14.2. The second-order valence-electron chi connectivity index (χ2n) is 5.52. The Morgan fingerprint density at radius 2 is 1.64 bits per heavy atom. The number of rotatable bonds is 10. The van der Waals surface area contributed by atoms with Crippen LogP contribution in [0.25, 0.3) is 0 Å². The highest BCUT2D eigenvalue weighted by molar-refractivity contribution is 5.79. The largest absolute Gasteiger partial charge is 0.382 e. The van der Waals surface area contributed by atoms with Crippen molar-refractivity contribution in [2.45, 2.75) is 44.6 Å². The maximum atomic E-state index is 5.94. The minimum absolute atomic E-state index is 0.452. The summed E-state index contributed by atoms with van der Waals surface area (Å²) < 4.78 is 16.3. The van der Waals surface area contributed by atoms with E-state index >= 15 is 0 Å². The second-order valence-corrected chi connectivity index (χ2v) is 5.52. The van der Waals surface area contributed by atoms with Crippen LogP contribution in [0.4, 0.5) is 0 Å². The third-order valence-electron chi connectivity index (χ3n) is 3.74. The molecule has 0 radical (unpaired) electrons. The summed E-state index contributed by atoms with van der Waals surface area (Å²) in [6, 6.07) is 0. The molecule has 0 atom stereocenters. The van der Waals surface area contributed by atoms with Crippen LogP contribution in [0.2, 0.25) is 0 Å². The van der Waals surface area contributed by atoms with E-state index in [1.807, 2.05) is 0 Å². The highest BCUT2D eigenvalue weighted by Crippen LogP contribution is 2.19. The fourth-order valence-corrected chi connectivity index (χ4v) is 2.51. The number of methoxy groups -OCH3 is 1. The van der Waals surface area contributed by atoms with Crippen molar-refractivity contribution in [2.24, 2.45) is 4.99 Å². The van der Waals surface area contributed by atoms with E-state index in [1.165, 1.54) is 38.5 Å². The summed E-state index contributed by atoms with van der Waals surface area (Å²) in [4.78, 5) is 4.18. The molecule has 130 valence electrons. The molecule has 1 saturated carbocycles. The van der Waals surface area contributed by atoms with Crippen molar-refractivity contribution >= 4 is 5.96 Å². The Hall–Kier alpha value is -0.850. The molecule has 0 aromatic heterocycles. The summed E-state index contributed by atoms with van der Waals surface area (Å²) in [5.74, 6) is 0.791. The van der Waals surface area contributed by atoms with Crippen molar-refractivity contribution in [2.75, 3.05) is 53.7 Å². The van der Waals surface area contributed by atoms with Crippen LogP contribution in [0.1, 0.15) is 38.5 Å². The van der Waals surface area contributed by atoms with Crippen LogP contribution in [-0.4, -0.2) is 65.7 Å². The predicted molar refractivity (Wildman–Crippen MR) is 89.5 cm³/mol. The van der Waals surface area contributed by atoms with Crippen LogP contribution >= 0.6 is 0 Å². The molecule has 1 aliphatic carbocycles. The van der Waals surface area contributed by atoms with Gasteiger partial charge in [0.2, 0.25) is 0 Å². The van der Waals surface area contributed by atoms with Gasteiger partial charge in [-0.1, -0.05) is 25.7 Å². The highest BCUT2D eigenvalue weighted by atomic mass is 16.5. The maximum absolute atomic E-state index is 5.94. The summed E-state index contributed by atoms with van der Waals surface area (Å²) in [6.45, 7) is 4.14. The number of hydrogen-bond acceptors (Lipinski definition) is 4. The van der Waals surface area contributed by atoms with Gasteiger partial charge >= 0.3 is 0 Å². The van der Waals surface area contributed by atoms with Crippen molar-refractivity contribution in [3.05, 3.63) is 0 Å². The Bertz CT molecular complexity index is 280. The number of hydrogen-bond donors (Lipinski definition) is 2. The highest BCUT2D eigenvalue weighted by Gasteiger charge is 2.11. The van der Waals surface area contributed by atoms with E-state index in [2.05, 4.69) is 15.6 Å². The first-order valence-electron chi connectivity index (χ1n) is 8.49. The Morgan fingerprint density at radius 1 is 0.955 bits per heavy atom. The summed E-state index contributed by atoms with van der Waals surface area (Å²) in [5.41, 5.74) is 0. The molecular weight excluding hydrogens is 282 g/mol. The molecule has 0 unspecified atom stereocenters. The number of nitrogens with zero attached hydrogens (tertiary/aromatic N) is 1. The third-order valence-corrected chi connectivity index (χ3v) is 3.74. The topological polar surface area (TPSA) is 64.1 Å². The lowest BCUT2D eigenvalue weighted by atomic mass is 10.1. The first-order valence-corrected chi connectivity index (χ1v) is 8.49. The van der Waals surface area contributed by atoms with Crippen LogP contribution in [0, 0.1) is 0 Å². The Kier molecular flexibility index (Phi) is 12.0. The lowest BCUT2D eigenvalue weighted by Crippen LogP contribution is -2.40. The molecule has 1 rings (SSSR count). The van der Waals surface area contributed by atoms with Gasteiger partial charge in [0.05, 0.1) is 32.5 Å². The van der Waals surface area contributed by atoms with Gasteiger partial charge in [0.1, 0.15) is 0 Å². The smallest absolute Gasteiger partial charge is 0.191 e. The van der Waals surface area contributed by atoms with Gasteiger partial charge in [0.25, 0.3) is 0 Å². The first kappa shape index (κ1) is 19.2. The molecule has 0 aromatic carbocycles. The van der Waals surface area contributed by atoms with Crippen LogP contribution < -0.4 is 10.6 Å². The number of aliphatic imine (C=N–C) groups is 1. The molecule has 1 aliphatic rings. The minimum Gasteiger partial charge on any atom is -0.382 e. The molecule has 2 N–H and O–H groups in total. The van der Waals surface area contributed by atoms with Crippen molar-refractivity contribution in [1.29, 1.82) is 0 Å². The summed E-state index contributed by atoms with van der Waals surface area (Å²) in [5, 5.41) is 6.47. The van der Waals surface area contributed by atoms with Crippen LogP contribution in [0.5, 0.6) is 0 Å². The Labute approximate surface area is 135 Å². The van der Waals surface area contributed by atoms with Gasteiger partial charge < -0.3 is 24.8 Å². The Morgan fingerprint density at radius 3 is 2.27 bits per heavy atom. The molecule has 6 nitrogen and oxygen atoms in total. The van der Waals surface area contributed by atoms with Gasteiger partial charge in [-0.3, -0.25) is 4.99 Å². The van der Waals surface area contributed by atoms with E-state index < -0.39 is 0 Å². The SMILES string of the molecule is CN=C(NCCOCCOC)NCCOC1CCCCCC1. The molecule has 6 heteroatoms. The van der Waals surface area contributed by atoms with Crippen LogP contribution in [-0.2, 0) is 14.2 Å². The average molecular weight is 315 g/mol. The van der Waals surface area contributed by atoms with Gasteiger partial charge in [-0.05, 0) is 12.8 Å². The standard InChI is InChI=1S/C16H33N3O3/c1-17-16(18-9-11-21-14-13-20-2)19-10-12-22-15-7-5-3-4-6-8-15/h15H,3-14H2,1-2H3,(H2,17,18,19). The lowest BCUT2D eigenvalue weighted by molar-refractivity contribution is 0.0467. The van der Waals surface area contributed by atoms with E-state index in [0.717, 1.165) is 25.7 Å². The molecule has 0 saturated heterocycles. The predicted octanol–water partition coefficient (Wildman–Crippen LogP) is 1.55. The van der Waals surface area contributed by atoms with Gasteiger partial charge in [-0.15, -0.1) is 0 Å². The minimum atomic E-state index is 0.452. The average Bonchev–Trinajstić information content (AvgIpc) is 2.81. The van der Waals surface area contributed by atoms with Crippen molar-refractivity contribution in [3.8, 4) is 0 Å². The second kappa shape index (κ2) is 13.8. The Balaban J connectivity index is 1.98. The zero-order valence-electron chi connectivity index (χ0n) is 14.2. The molecule has 0 spiro atoms. The summed E-state index contributed by atoms with van der Waals surface area (Å²) >= 11 is 0. The molecule has 0 aromatic rings. The van der Waals surface area contributed by atoms with Gasteiger partial charge in [-0.25, -0.2) is 0 Å². The molecule has 22 heavy (non-hydrogen) atoms. The molecule has 0 heterocycles. The summed E-state index contributed by atoms with van der Waals surface area (Å²) in [7, 11) is 3.44. The summed E-state index contributed by atoms with van der Waals surface area (Å²) in [6.07, 6.45) is 8.22. The molecule has 0 aliphatic heterocycles. The first-order chi connectivity index (χ1) is 10.9. The van der Waals surface area contributed by atoms with E-state index in [4.69, 9.17) is 14.2 Å². The van der Waals surface area contributed by atoms with Gasteiger partial charge in [0.15, 0.2) is 5.96 Å². The zero-order chi connectivity index (χ0) is 15.9. The van der Waals surface area contributed by atoms with Crippen molar-refractivity contribution < 1.29 is 14.2 Å². The fraction of sp³-hybridized carbons (Fsp3) is 0.938. The van der Waals surface area contributed by atoms with E-state index in [0.29, 0.717) is 25.9 Å². The van der Waals surface area contributed by atoms with Crippen LogP contribution in [0.3, 0.4) is 0 Å². The monoisotopic (exact) mass is 315 g/mol. The van der Waals surface area contributed by atoms with Crippen molar-refractivity contribution in [1.82, 2.24) is 10.6 Å². The van der Waals surface area contributed by atoms with Gasteiger partial charge in [0, 0.05) is 27.2 Å². The van der Waals surface area contributed by atoms with E-state index in [9.17, 15) is 0 Å². The molecule has 0 bridgehead atoms. The molecule has 1 fully saturated rings. The van der Waals surface area contributed by atoms with E-state index in [-0.39, 0.29) is 0 Å². The van der Waals surface area contributed by atoms with E-state index in [1.54, 1.807) is 14.2 Å². The molecular formula is C16H33N3O3. The van der Waals surface area contributed by atoms with Gasteiger partial charge in [-0.2, -0.15) is 0 Å². The normalized spacial score (nSPS) is 17.3. The fourth-order valence-electron chi connectivity index (χ4n) is 2.51. The quantitative estimate of drug-likeness (QED) is 0.277. The lowest BCUT2D eigenvalue weighted by Gasteiger charge is -2.16. The van der Waals surface area contributed by atoms with Crippen LogP contribution in [0.15, 0.2) is 4.99 Å². The molecule has 0 amide bonds.